The molecule has 0 spiro atoms. The first-order valence-electron chi connectivity index (χ1n) is 4.86. The zero-order chi connectivity index (χ0) is 15.1. The molecular weight excluding hydrogens is 416 g/mol. The third-order valence-corrected chi connectivity index (χ3v) is 6.77. The largest absolute Gasteiger partial charge is 0.506 e. The van der Waals surface area contributed by atoms with Crippen LogP contribution in [0.15, 0.2) is 26.2 Å². The topological polar surface area (TPSA) is 66.4 Å². The monoisotopic (exact) mass is 419 g/mol. The molecule has 2 aromatic rings. The van der Waals surface area contributed by atoms with Crippen LogP contribution < -0.4 is 4.72 Å². The van der Waals surface area contributed by atoms with Crippen molar-refractivity contribution in [3.8, 4) is 5.75 Å². The van der Waals surface area contributed by atoms with Crippen LogP contribution in [0.25, 0.3) is 0 Å². The molecule has 0 fully saturated rings. The fourth-order valence-corrected chi connectivity index (χ4v) is 4.90. The number of phenolic OH excluding ortho intramolecular Hbond substituents is 1. The van der Waals surface area contributed by atoms with Crippen molar-refractivity contribution in [3.63, 3.8) is 0 Å². The molecule has 2 rings (SSSR count). The van der Waals surface area contributed by atoms with Crippen molar-refractivity contribution in [2.45, 2.75) is 4.21 Å². The average Bonchev–Trinajstić information content (AvgIpc) is 2.67. The zero-order valence-electron chi connectivity index (χ0n) is 9.32. The molecule has 108 valence electrons. The van der Waals surface area contributed by atoms with Crippen LogP contribution in [0.2, 0.25) is 10.0 Å². The van der Waals surface area contributed by atoms with Gasteiger partial charge < -0.3 is 5.11 Å². The van der Waals surface area contributed by atoms with Crippen LogP contribution in [0, 0.1) is 5.82 Å². The summed E-state index contributed by atoms with van der Waals surface area (Å²) < 4.78 is 39.8. The van der Waals surface area contributed by atoms with Crippen LogP contribution in [-0.4, -0.2) is 13.5 Å². The highest BCUT2D eigenvalue weighted by molar-refractivity contribution is 9.11. The summed E-state index contributed by atoms with van der Waals surface area (Å²) in [6, 6.07) is 2.95. The Morgan fingerprint density at radius 2 is 1.90 bits per heavy atom. The van der Waals surface area contributed by atoms with Gasteiger partial charge in [-0.05, 0) is 28.1 Å². The van der Waals surface area contributed by atoms with E-state index in [1.165, 1.54) is 6.07 Å². The summed E-state index contributed by atoms with van der Waals surface area (Å²) >= 11 is 15.3. The number of anilines is 1. The summed E-state index contributed by atoms with van der Waals surface area (Å²) in [4.78, 5) is 0. The summed E-state index contributed by atoms with van der Waals surface area (Å²) in [6.45, 7) is 0. The molecule has 0 saturated heterocycles. The number of aromatic hydroxyl groups is 1. The smallest absolute Gasteiger partial charge is 0.271 e. The van der Waals surface area contributed by atoms with E-state index in [0.717, 1.165) is 23.5 Å². The highest BCUT2D eigenvalue weighted by Gasteiger charge is 2.21. The summed E-state index contributed by atoms with van der Waals surface area (Å²) in [7, 11) is -3.95. The summed E-state index contributed by atoms with van der Waals surface area (Å²) in [6.07, 6.45) is 0. The Bertz CT molecular complexity index is 760. The summed E-state index contributed by atoms with van der Waals surface area (Å²) in [5, 5.41) is 9.46. The van der Waals surface area contributed by atoms with Gasteiger partial charge in [-0.2, -0.15) is 0 Å². The normalized spacial score (nSPS) is 11.6. The number of rotatable bonds is 3. The highest BCUT2D eigenvalue weighted by Crippen LogP contribution is 2.37. The van der Waals surface area contributed by atoms with E-state index in [2.05, 4.69) is 20.7 Å². The van der Waals surface area contributed by atoms with Crippen molar-refractivity contribution < 1.29 is 17.9 Å². The lowest BCUT2D eigenvalue weighted by molar-refractivity contribution is 0.471. The van der Waals surface area contributed by atoms with Crippen molar-refractivity contribution >= 4 is 66.2 Å². The first-order valence-corrected chi connectivity index (χ1v) is 8.71. The second kappa shape index (κ2) is 5.69. The third kappa shape index (κ3) is 3.20. The molecule has 1 aromatic carbocycles. The van der Waals surface area contributed by atoms with Crippen LogP contribution >= 0.6 is 50.5 Å². The molecule has 0 radical (unpaired) electrons. The van der Waals surface area contributed by atoms with Gasteiger partial charge in [-0.25, -0.2) is 12.8 Å². The maximum Gasteiger partial charge on any atom is 0.271 e. The van der Waals surface area contributed by atoms with Crippen LogP contribution in [0.3, 0.4) is 0 Å². The van der Waals surface area contributed by atoms with E-state index in [1.54, 1.807) is 0 Å². The second-order valence-corrected chi connectivity index (χ2v) is 8.67. The first kappa shape index (κ1) is 15.8. The Morgan fingerprint density at radius 3 is 2.45 bits per heavy atom. The van der Waals surface area contributed by atoms with Gasteiger partial charge in [0.25, 0.3) is 10.0 Å². The lowest BCUT2D eigenvalue weighted by atomic mass is 10.3. The quantitative estimate of drug-likeness (QED) is 0.720. The van der Waals surface area contributed by atoms with Crippen LogP contribution in [0.5, 0.6) is 5.75 Å². The predicted octanol–water partition coefficient (Wildman–Crippen LogP) is 4.46. The van der Waals surface area contributed by atoms with Crippen molar-refractivity contribution in [2.24, 2.45) is 0 Å². The number of benzene rings is 1. The number of phenols is 1. The molecule has 1 aromatic heterocycles. The van der Waals surface area contributed by atoms with Gasteiger partial charge in [0.05, 0.1) is 19.5 Å². The number of hydrogen-bond donors (Lipinski definition) is 2. The average molecular weight is 421 g/mol. The molecule has 0 atom stereocenters. The standard InChI is InChI=1S/C10H5BrCl2FNO3S2/c11-10-5(13)2-9(19-10)20(17,18)15-7-1-4(12)6(14)3-8(7)16/h1-3,15-16H. The van der Waals surface area contributed by atoms with Gasteiger partial charge in [0.2, 0.25) is 0 Å². The van der Waals surface area contributed by atoms with E-state index in [-0.39, 0.29) is 19.9 Å². The molecule has 10 heteroatoms. The lowest BCUT2D eigenvalue weighted by Crippen LogP contribution is -2.11. The molecule has 0 amide bonds. The zero-order valence-corrected chi connectivity index (χ0v) is 14.1. The Balaban J connectivity index is 2.40. The van der Waals surface area contributed by atoms with Crippen molar-refractivity contribution in [3.05, 3.63) is 37.8 Å². The predicted molar refractivity (Wildman–Crippen MR) is 80.9 cm³/mol. The van der Waals surface area contributed by atoms with Crippen LogP contribution in [-0.2, 0) is 10.0 Å². The molecule has 0 bridgehead atoms. The highest BCUT2D eigenvalue weighted by atomic mass is 79.9. The number of sulfonamides is 1. The molecule has 2 N–H and O–H groups in total. The van der Waals surface area contributed by atoms with E-state index in [9.17, 15) is 17.9 Å². The summed E-state index contributed by atoms with van der Waals surface area (Å²) in [5.41, 5.74) is -0.225. The van der Waals surface area contributed by atoms with E-state index in [1.807, 2.05) is 0 Å². The van der Waals surface area contributed by atoms with E-state index < -0.39 is 21.6 Å². The Labute approximate surface area is 136 Å². The minimum Gasteiger partial charge on any atom is -0.506 e. The van der Waals surface area contributed by atoms with Gasteiger partial charge in [0, 0.05) is 6.07 Å². The fraction of sp³-hybridized carbons (Fsp3) is 0. The molecule has 20 heavy (non-hydrogen) atoms. The molecule has 0 aliphatic heterocycles. The van der Waals surface area contributed by atoms with Gasteiger partial charge in [-0.3, -0.25) is 4.72 Å². The number of nitrogens with one attached hydrogen (secondary N) is 1. The maximum absolute atomic E-state index is 13.1. The van der Waals surface area contributed by atoms with Crippen LogP contribution in [0.1, 0.15) is 0 Å². The number of thiophene rings is 1. The lowest BCUT2D eigenvalue weighted by Gasteiger charge is -2.09. The van der Waals surface area contributed by atoms with E-state index >= 15 is 0 Å². The number of halogens is 4. The SMILES string of the molecule is O=S(=O)(Nc1cc(Cl)c(F)cc1O)c1cc(Cl)c(Br)s1. The molecular formula is C10H5BrCl2FNO3S2. The third-order valence-electron chi connectivity index (χ3n) is 2.17. The van der Waals surface area contributed by atoms with Gasteiger partial charge in [0.1, 0.15) is 15.8 Å². The molecule has 0 aliphatic rings. The minimum absolute atomic E-state index is 0.0609. The molecule has 0 unspecified atom stereocenters. The van der Waals surface area contributed by atoms with Crippen molar-refractivity contribution in [2.75, 3.05) is 4.72 Å². The number of hydrogen-bond acceptors (Lipinski definition) is 4. The second-order valence-electron chi connectivity index (χ2n) is 3.58. The Kier molecular flexibility index (Phi) is 4.50. The summed E-state index contributed by atoms with van der Waals surface area (Å²) in [5.74, 6) is -1.42. The van der Waals surface area contributed by atoms with Crippen molar-refractivity contribution in [1.82, 2.24) is 0 Å². The van der Waals surface area contributed by atoms with Gasteiger partial charge in [-0.1, -0.05) is 23.2 Å². The van der Waals surface area contributed by atoms with Crippen molar-refractivity contribution in [1.29, 1.82) is 0 Å². The molecule has 4 nitrogen and oxygen atoms in total. The molecule has 1 heterocycles. The van der Waals surface area contributed by atoms with Crippen LogP contribution in [0.4, 0.5) is 10.1 Å². The van der Waals surface area contributed by atoms with E-state index in [0.29, 0.717) is 3.79 Å². The van der Waals surface area contributed by atoms with Gasteiger partial charge in [0.15, 0.2) is 0 Å². The first-order chi connectivity index (χ1) is 9.20. The Morgan fingerprint density at radius 1 is 1.25 bits per heavy atom. The van der Waals surface area contributed by atoms with Gasteiger partial charge in [-0.15, -0.1) is 11.3 Å². The van der Waals surface area contributed by atoms with Gasteiger partial charge >= 0.3 is 0 Å². The molecule has 0 aliphatic carbocycles. The minimum atomic E-state index is -3.95. The Hall–Kier alpha value is -0.540. The fourth-order valence-electron chi connectivity index (χ4n) is 1.27. The van der Waals surface area contributed by atoms with E-state index in [4.69, 9.17) is 23.2 Å². The maximum atomic E-state index is 13.1. The molecule has 0 saturated carbocycles.